The predicted octanol–water partition coefficient (Wildman–Crippen LogP) is 1.70. The van der Waals surface area contributed by atoms with Crippen molar-refractivity contribution in [2.24, 2.45) is 0 Å². The summed E-state index contributed by atoms with van der Waals surface area (Å²) in [5, 5.41) is 3.25. The van der Waals surface area contributed by atoms with Crippen LogP contribution in [0.2, 0.25) is 0 Å². The predicted molar refractivity (Wildman–Crippen MR) is 68.8 cm³/mol. The molecule has 18 heavy (non-hydrogen) atoms. The summed E-state index contributed by atoms with van der Waals surface area (Å²) >= 11 is 0. The third kappa shape index (κ3) is 3.31. The lowest BCUT2D eigenvalue weighted by molar-refractivity contribution is -0.112. The zero-order chi connectivity index (χ0) is 12.8. The van der Waals surface area contributed by atoms with Crippen LogP contribution in [0.4, 0.5) is 0 Å². The zero-order valence-corrected chi connectivity index (χ0v) is 10.6. The lowest BCUT2D eigenvalue weighted by Gasteiger charge is -2.28. The number of hydrogen-bond donors (Lipinski definition) is 1. The summed E-state index contributed by atoms with van der Waals surface area (Å²) in [7, 11) is 0. The number of aldehydes is 1. The molecule has 98 valence electrons. The van der Waals surface area contributed by atoms with Crippen LogP contribution >= 0.6 is 0 Å². The molecule has 0 spiro atoms. The number of benzene rings is 1. The van der Waals surface area contributed by atoms with Gasteiger partial charge in [-0.15, -0.1) is 0 Å². The molecule has 0 aromatic heterocycles. The number of carbonyl (C=O) groups excluding carboxylic acids is 1. The Kier molecular flexibility index (Phi) is 4.73. The zero-order valence-electron chi connectivity index (χ0n) is 10.6. The molecule has 1 heterocycles. The smallest absolute Gasteiger partial charge is 0.139 e. The van der Waals surface area contributed by atoms with Gasteiger partial charge >= 0.3 is 0 Å². The molecule has 4 nitrogen and oxygen atoms in total. The summed E-state index contributed by atoms with van der Waals surface area (Å²) < 4.78 is 10.9. The van der Waals surface area contributed by atoms with Gasteiger partial charge in [0.1, 0.15) is 12.0 Å². The van der Waals surface area contributed by atoms with Crippen molar-refractivity contribution in [2.45, 2.75) is 25.4 Å². The van der Waals surface area contributed by atoms with Crippen molar-refractivity contribution in [3.05, 3.63) is 29.8 Å². The maximum Gasteiger partial charge on any atom is 0.139 e. The molecular weight excluding hydrogens is 230 g/mol. The van der Waals surface area contributed by atoms with Crippen LogP contribution in [0.15, 0.2) is 24.3 Å². The van der Waals surface area contributed by atoms with Crippen LogP contribution in [0, 0.1) is 0 Å². The summed E-state index contributed by atoms with van der Waals surface area (Å²) in [6.45, 7) is 3.87. The minimum atomic E-state index is -0.209. The molecule has 1 aliphatic heterocycles. The maximum atomic E-state index is 10.7. The molecule has 1 N–H and O–H groups in total. The van der Waals surface area contributed by atoms with Gasteiger partial charge < -0.3 is 14.3 Å². The Bertz CT molecular complexity index is 377. The van der Waals surface area contributed by atoms with Crippen molar-refractivity contribution in [2.75, 3.05) is 19.8 Å². The lowest BCUT2D eigenvalue weighted by Crippen LogP contribution is -2.44. The van der Waals surface area contributed by atoms with Crippen molar-refractivity contribution < 1.29 is 14.3 Å². The van der Waals surface area contributed by atoms with E-state index in [9.17, 15) is 4.79 Å². The Balaban J connectivity index is 1.98. The van der Waals surface area contributed by atoms with Gasteiger partial charge in [0.2, 0.25) is 0 Å². The number of ether oxygens (including phenoxy) is 2. The molecule has 1 aliphatic rings. The first-order valence-electron chi connectivity index (χ1n) is 6.35. The molecule has 1 aromatic carbocycles. The van der Waals surface area contributed by atoms with Crippen molar-refractivity contribution in [1.29, 1.82) is 0 Å². The standard InChI is InChI=1S/C14H19NO3/c1-2-7-18-13-5-3-11(4-6-13)14-10-17-9-12(8-16)15-14/h3-6,8,12,14-15H,2,7,9-10H2,1H3. The molecule has 1 saturated heterocycles. The highest BCUT2D eigenvalue weighted by molar-refractivity contribution is 5.58. The fraction of sp³-hybridized carbons (Fsp3) is 0.500. The first-order chi connectivity index (χ1) is 8.83. The van der Waals surface area contributed by atoms with E-state index in [1.165, 1.54) is 0 Å². The van der Waals surface area contributed by atoms with Crippen molar-refractivity contribution in [3.63, 3.8) is 0 Å². The quantitative estimate of drug-likeness (QED) is 0.807. The Morgan fingerprint density at radius 1 is 1.39 bits per heavy atom. The highest BCUT2D eigenvalue weighted by atomic mass is 16.5. The third-order valence-electron chi connectivity index (χ3n) is 2.92. The van der Waals surface area contributed by atoms with Crippen LogP contribution < -0.4 is 10.1 Å². The summed E-state index contributed by atoms with van der Waals surface area (Å²) in [4.78, 5) is 10.7. The van der Waals surface area contributed by atoms with Crippen molar-refractivity contribution in [3.8, 4) is 5.75 Å². The van der Waals surface area contributed by atoms with Gasteiger partial charge in [-0.25, -0.2) is 0 Å². The van der Waals surface area contributed by atoms with E-state index in [1.807, 2.05) is 24.3 Å². The SMILES string of the molecule is CCCOc1ccc(C2COCC(C=O)N2)cc1. The summed E-state index contributed by atoms with van der Waals surface area (Å²) in [6, 6.07) is 7.81. The molecule has 0 aliphatic carbocycles. The third-order valence-corrected chi connectivity index (χ3v) is 2.92. The highest BCUT2D eigenvalue weighted by Crippen LogP contribution is 2.20. The van der Waals surface area contributed by atoms with Gasteiger partial charge in [0.05, 0.1) is 31.9 Å². The van der Waals surface area contributed by atoms with Gasteiger partial charge in [-0.3, -0.25) is 5.32 Å². The molecule has 1 aromatic rings. The Hall–Kier alpha value is -1.39. The van der Waals surface area contributed by atoms with Crippen LogP contribution in [-0.4, -0.2) is 32.1 Å². The molecule has 1 fully saturated rings. The number of hydrogen-bond acceptors (Lipinski definition) is 4. The van der Waals surface area contributed by atoms with E-state index in [2.05, 4.69) is 12.2 Å². The van der Waals surface area contributed by atoms with Crippen LogP contribution in [-0.2, 0) is 9.53 Å². The Morgan fingerprint density at radius 3 is 2.83 bits per heavy atom. The number of rotatable bonds is 5. The first kappa shape index (κ1) is 13.1. The second-order valence-electron chi connectivity index (χ2n) is 4.42. The van der Waals surface area contributed by atoms with Gasteiger partial charge in [0.15, 0.2) is 0 Å². The average molecular weight is 249 g/mol. The van der Waals surface area contributed by atoms with Gasteiger partial charge in [-0.2, -0.15) is 0 Å². The van der Waals surface area contributed by atoms with E-state index in [1.54, 1.807) is 0 Å². The fourth-order valence-electron chi connectivity index (χ4n) is 1.95. The van der Waals surface area contributed by atoms with Gasteiger partial charge in [-0.1, -0.05) is 19.1 Å². The van der Waals surface area contributed by atoms with Crippen molar-refractivity contribution in [1.82, 2.24) is 5.32 Å². The molecule has 2 unspecified atom stereocenters. The van der Waals surface area contributed by atoms with Crippen LogP contribution in [0.1, 0.15) is 24.9 Å². The summed E-state index contributed by atoms with van der Waals surface area (Å²) in [6.07, 6.45) is 1.89. The van der Waals surface area contributed by atoms with E-state index in [0.717, 1.165) is 30.6 Å². The number of morpholine rings is 1. The summed E-state index contributed by atoms with van der Waals surface area (Å²) in [5.41, 5.74) is 1.12. The molecule has 2 atom stereocenters. The van der Waals surface area contributed by atoms with Crippen molar-refractivity contribution >= 4 is 6.29 Å². The van der Waals surface area contributed by atoms with Gasteiger partial charge in [0.25, 0.3) is 0 Å². The topological polar surface area (TPSA) is 47.6 Å². The minimum Gasteiger partial charge on any atom is -0.494 e. The van der Waals surface area contributed by atoms with Gasteiger partial charge in [0, 0.05) is 0 Å². The lowest BCUT2D eigenvalue weighted by atomic mass is 10.1. The van der Waals surface area contributed by atoms with E-state index < -0.39 is 0 Å². The highest BCUT2D eigenvalue weighted by Gasteiger charge is 2.22. The molecular formula is C14H19NO3. The molecule has 0 radical (unpaired) electrons. The fourth-order valence-corrected chi connectivity index (χ4v) is 1.95. The number of nitrogens with one attached hydrogen (secondary N) is 1. The first-order valence-corrected chi connectivity index (χ1v) is 6.35. The number of carbonyl (C=O) groups is 1. The van der Waals surface area contributed by atoms with E-state index in [0.29, 0.717) is 13.2 Å². The van der Waals surface area contributed by atoms with Crippen LogP contribution in [0.5, 0.6) is 5.75 Å². The Labute approximate surface area is 107 Å². The summed E-state index contributed by atoms with van der Waals surface area (Å²) in [5.74, 6) is 0.879. The molecule has 4 heteroatoms. The average Bonchev–Trinajstić information content (AvgIpc) is 2.46. The molecule has 2 rings (SSSR count). The minimum absolute atomic E-state index is 0.0779. The van der Waals surface area contributed by atoms with E-state index >= 15 is 0 Å². The second kappa shape index (κ2) is 6.52. The molecule has 0 bridgehead atoms. The normalized spacial score (nSPS) is 23.6. The van der Waals surface area contributed by atoms with E-state index in [4.69, 9.17) is 9.47 Å². The molecule has 0 saturated carbocycles. The van der Waals surface area contributed by atoms with Crippen LogP contribution in [0.3, 0.4) is 0 Å². The molecule has 0 amide bonds. The van der Waals surface area contributed by atoms with E-state index in [-0.39, 0.29) is 12.1 Å². The largest absolute Gasteiger partial charge is 0.494 e. The maximum absolute atomic E-state index is 10.7. The second-order valence-corrected chi connectivity index (χ2v) is 4.42. The Morgan fingerprint density at radius 2 is 2.17 bits per heavy atom. The monoisotopic (exact) mass is 249 g/mol. The van der Waals surface area contributed by atoms with Gasteiger partial charge in [-0.05, 0) is 24.1 Å². The van der Waals surface area contributed by atoms with Crippen LogP contribution in [0.25, 0.3) is 0 Å².